The first-order valence-corrected chi connectivity index (χ1v) is 11.8. The maximum Gasteiger partial charge on any atom is 0.253 e. The quantitative estimate of drug-likeness (QED) is 0.333. The summed E-state index contributed by atoms with van der Waals surface area (Å²) in [6.07, 6.45) is 5.31. The molecule has 1 fully saturated rings. The molecule has 4 heterocycles. The van der Waals surface area contributed by atoms with Gasteiger partial charge in [0.05, 0.1) is 5.69 Å². The van der Waals surface area contributed by atoms with Crippen molar-refractivity contribution in [3.63, 3.8) is 0 Å². The zero-order chi connectivity index (χ0) is 23.2. The number of aromatic amines is 1. The van der Waals surface area contributed by atoms with Crippen molar-refractivity contribution < 1.29 is 4.79 Å². The molecule has 34 heavy (non-hydrogen) atoms. The second-order valence-corrected chi connectivity index (χ2v) is 9.25. The number of carbonyl (C=O) groups excluding carboxylic acids is 1. The third-order valence-corrected chi connectivity index (χ3v) is 6.91. The summed E-state index contributed by atoms with van der Waals surface area (Å²) in [5.41, 5.74) is 10.6. The molecular weight excluding hydrogens is 444 g/mol. The van der Waals surface area contributed by atoms with E-state index in [4.69, 9.17) is 10.7 Å². The lowest BCUT2D eigenvalue weighted by molar-refractivity contribution is 0.0710. The van der Waals surface area contributed by atoms with Crippen molar-refractivity contribution in [3.8, 4) is 11.4 Å². The Kier molecular flexibility index (Phi) is 5.03. The number of para-hydroxylation sites is 1. The number of nitrogens with one attached hydrogen (secondary N) is 1. The molecule has 7 nitrogen and oxygen atoms in total. The van der Waals surface area contributed by atoms with Crippen LogP contribution in [-0.2, 0) is 0 Å². The molecule has 2 aromatic carbocycles. The van der Waals surface area contributed by atoms with Gasteiger partial charge in [-0.05, 0) is 43.2 Å². The van der Waals surface area contributed by atoms with Gasteiger partial charge in [0.2, 0.25) is 0 Å². The molecule has 1 saturated heterocycles. The molecule has 0 aliphatic carbocycles. The molecule has 3 N–H and O–H groups in total. The van der Waals surface area contributed by atoms with Gasteiger partial charge in [0.25, 0.3) is 5.91 Å². The van der Waals surface area contributed by atoms with E-state index in [1.54, 1.807) is 6.20 Å². The van der Waals surface area contributed by atoms with Gasteiger partial charge in [0.1, 0.15) is 22.9 Å². The number of aromatic nitrogens is 4. The predicted octanol–water partition coefficient (Wildman–Crippen LogP) is 4.77. The average Bonchev–Trinajstić information content (AvgIpc) is 3.46. The SMILES string of the molecule is Nc1nccn2c(C3CCN(C(=O)c4cccc(S)c4)CC3)nc(-c3cc4ccccc4[nH]3)c12. The number of fused-ring (bicyclic) bond motifs is 2. The van der Waals surface area contributed by atoms with Crippen molar-refractivity contribution in [1.29, 1.82) is 0 Å². The van der Waals surface area contributed by atoms with E-state index in [1.165, 1.54) is 0 Å². The molecule has 0 bridgehead atoms. The summed E-state index contributed by atoms with van der Waals surface area (Å²) < 4.78 is 2.07. The first kappa shape index (κ1) is 20.8. The lowest BCUT2D eigenvalue weighted by atomic mass is 9.95. The number of carbonyl (C=O) groups is 1. The van der Waals surface area contributed by atoms with E-state index in [-0.39, 0.29) is 11.8 Å². The summed E-state index contributed by atoms with van der Waals surface area (Å²) in [6, 6.07) is 17.7. The van der Waals surface area contributed by atoms with E-state index in [0.717, 1.165) is 51.4 Å². The number of hydrogen-bond donors (Lipinski definition) is 3. The van der Waals surface area contributed by atoms with Gasteiger partial charge in [-0.1, -0.05) is 24.3 Å². The summed E-state index contributed by atoms with van der Waals surface area (Å²) in [6.45, 7) is 1.36. The Morgan fingerprint density at radius 1 is 1.09 bits per heavy atom. The van der Waals surface area contributed by atoms with Crippen LogP contribution in [0.15, 0.2) is 71.9 Å². The summed E-state index contributed by atoms with van der Waals surface area (Å²) >= 11 is 4.37. The number of nitrogen functional groups attached to an aromatic ring is 1. The molecular formula is C26H24N6OS. The third-order valence-electron chi connectivity index (χ3n) is 6.64. The minimum atomic E-state index is 0.0505. The largest absolute Gasteiger partial charge is 0.382 e. The topological polar surface area (TPSA) is 92.3 Å². The second kappa shape index (κ2) is 8.22. The lowest BCUT2D eigenvalue weighted by Gasteiger charge is -2.31. The number of H-pyrrole nitrogens is 1. The van der Waals surface area contributed by atoms with Crippen molar-refractivity contribution >= 4 is 40.8 Å². The van der Waals surface area contributed by atoms with Crippen LogP contribution in [0.4, 0.5) is 5.82 Å². The van der Waals surface area contributed by atoms with E-state index in [2.05, 4.69) is 45.2 Å². The monoisotopic (exact) mass is 468 g/mol. The van der Waals surface area contributed by atoms with Gasteiger partial charge in [-0.25, -0.2) is 9.97 Å². The molecule has 0 spiro atoms. The van der Waals surface area contributed by atoms with Crippen LogP contribution >= 0.6 is 12.6 Å². The number of imidazole rings is 1. The van der Waals surface area contributed by atoms with Gasteiger partial charge in [0.15, 0.2) is 0 Å². The van der Waals surface area contributed by atoms with Gasteiger partial charge in [-0.2, -0.15) is 0 Å². The summed E-state index contributed by atoms with van der Waals surface area (Å²) in [4.78, 5) is 28.6. The Hall–Kier alpha value is -3.78. The minimum Gasteiger partial charge on any atom is -0.382 e. The number of hydrogen-bond acceptors (Lipinski definition) is 5. The molecule has 6 rings (SSSR count). The predicted molar refractivity (Wildman–Crippen MR) is 136 cm³/mol. The van der Waals surface area contributed by atoms with Crippen LogP contribution in [-0.4, -0.2) is 43.2 Å². The van der Waals surface area contributed by atoms with Crippen molar-refractivity contribution in [2.75, 3.05) is 18.8 Å². The van der Waals surface area contributed by atoms with Crippen LogP contribution in [0.5, 0.6) is 0 Å². The number of likely N-dealkylation sites (tertiary alicyclic amines) is 1. The molecule has 0 saturated carbocycles. The number of nitrogens with zero attached hydrogens (tertiary/aromatic N) is 4. The maximum absolute atomic E-state index is 13.0. The van der Waals surface area contributed by atoms with Gasteiger partial charge in [-0.15, -0.1) is 12.6 Å². The Balaban J connectivity index is 1.32. The minimum absolute atomic E-state index is 0.0505. The van der Waals surface area contributed by atoms with E-state index in [1.807, 2.05) is 47.5 Å². The van der Waals surface area contributed by atoms with Crippen LogP contribution in [0, 0.1) is 0 Å². The van der Waals surface area contributed by atoms with Crippen LogP contribution in [0.25, 0.3) is 27.8 Å². The van der Waals surface area contributed by atoms with Crippen LogP contribution < -0.4 is 5.73 Å². The van der Waals surface area contributed by atoms with Crippen LogP contribution in [0.3, 0.4) is 0 Å². The van der Waals surface area contributed by atoms with Gasteiger partial charge in [-0.3, -0.25) is 9.20 Å². The first-order chi connectivity index (χ1) is 16.6. The zero-order valence-electron chi connectivity index (χ0n) is 18.5. The number of piperidine rings is 1. The highest BCUT2D eigenvalue weighted by molar-refractivity contribution is 7.80. The summed E-state index contributed by atoms with van der Waals surface area (Å²) in [7, 11) is 0. The van der Waals surface area contributed by atoms with Gasteiger partial charge < -0.3 is 15.6 Å². The highest BCUT2D eigenvalue weighted by atomic mass is 32.1. The number of thiol groups is 1. The highest BCUT2D eigenvalue weighted by Crippen LogP contribution is 2.35. The Morgan fingerprint density at radius 3 is 2.71 bits per heavy atom. The normalized spacial score (nSPS) is 14.8. The lowest BCUT2D eigenvalue weighted by Crippen LogP contribution is -2.38. The molecule has 0 radical (unpaired) electrons. The highest BCUT2D eigenvalue weighted by Gasteiger charge is 2.29. The molecule has 0 unspecified atom stereocenters. The van der Waals surface area contributed by atoms with Crippen LogP contribution in [0.1, 0.15) is 34.9 Å². The number of rotatable bonds is 3. The van der Waals surface area contributed by atoms with Crippen molar-refractivity contribution in [3.05, 3.63) is 78.4 Å². The first-order valence-electron chi connectivity index (χ1n) is 11.4. The molecule has 1 amide bonds. The molecule has 5 aromatic rings. The van der Waals surface area contributed by atoms with Gasteiger partial charge in [0, 0.05) is 52.8 Å². The summed E-state index contributed by atoms with van der Waals surface area (Å²) in [5.74, 6) is 1.68. The molecule has 1 aliphatic rings. The standard InChI is InChI=1S/C26H24N6OS/c27-24-23-22(21-15-17-4-1-2-7-20(17)29-21)30-25(32(23)13-10-28-24)16-8-11-31(12-9-16)26(33)18-5-3-6-19(34)14-18/h1-7,10,13-16,29,34H,8-9,11-12H2,(H2,27,28). The van der Waals surface area contributed by atoms with E-state index in [9.17, 15) is 4.79 Å². The number of nitrogens with two attached hydrogens (primary N) is 1. The van der Waals surface area contributed by atoms with Crippen molar-refractivity contribution in [2.24, 2.45) is 0 Å². The summed E-state index contributed by atoms with van der Waals surface area (Å²) in [5, 5.41) is 1.12. The smallest absolute Gasteiger partial charge is 0.253 e. The molecule has 8 heteroatoms. The number of benzene rings is 2. The second-order valence-electron chi connectivity index (χ2n) is 8.74. The van der Waals surface area contributed by atoms with Gasteiger partial charge >= 0.3 is 0 Å². The number of amides is 1. The van der Waals surface area contributed by atoms with E-state index < -0.39 is 0 Å². The fourth-order valence-electron chi connectivity index (χ4n) is 4.93. The Morgan fingerprint density at radius 2 is 1.91 bits per heavy atom. The Labute approximate surface area is 202 Å². The fraction of sp³-hybridized carbons (Fsp3) is 0.192. The average molecular weight is 469 g/mol. The number of anilines is 1. The van der Waals surface area contributed by atoms with Crippen molar-refractivity contribution in [2.45, 2.75) is 23.7 Å². The molecule has 1 aliphatic heterocycles. The fourth-order valence-corrected chi connectivity index (χ4v) is 5.15. The maximum atomic E-state index is 13.0. The van der Waals surface area contributed by atoms with E-state index >= 15 is 0 Å². The Bertz CT molecular complexity index is 1500. The van der Waals surface area contributed by atoms with E-state index in [0.29, 0.717) is 24.5 Å². The zero-order valence-corrected chi connectivity index (χ0v) is 19.4. The third kappa shape index (κ3) is 3.51. The molecule has 0 atom stereocenters. The van der Waals surface area contributed by atoms with Crippen LogP contribution in [0.2, 0.25) is 0 Å². The molecule has 170 valence electrons. The molecule has 3 aromatic heterocycles. The van der Waals surface area contributed by atoms with Crippen molar-refractivity contribution in [1.82, 2.24) is 24.3 Å².